The van der Waals surface area contributed by atoms with E-state index < -0.39 is 10.0 Å². The zero-order chi connectivity index (χ0) is 11.8. The van der Waals surface area contributed by atoms with Crippen LogP contribution in [-0.4, -0.2) is 50.8 Å². The smallest absolute Gasteiger partial charge is 0.212 e. The van der Waals surface area contributed by atoms with E-state index in [0.29, 0.717) is 24.7 Å². The van der Waals surface area contributed by atoms with Crippen LogP contribution < -0.4 is 10.5 Å². The number of nitrogens with one attached hydrogen (secondary N) is 1. The molecule has 6 heteroatoms. The predicted octanol–water partition coefficient (Wildman–Crippen LogP) is -0.510. The number of rotatable bonds is 4. The van der Waals surface area contributed by atoms with Crippen LogP contribution in [-0.2, 0) is 10.0 Å². The molecule has 2 fully saturated rings. The Labute approximate surface area is 97.4 Å². The number of nitrogens with two attached hydrogens (primary N) is 1. The first-order valence-electron chi connectivity index (χ1n) is 5.94. The topological polar surface area (TPSA) is 75.4 Å². The fourth-order valence-corrected chi connectivity index (χ4v) is 3.66. The monoisotopic (exact) mass is 247 g/mol. The second-order valence-corrected chi connectivity index (χ2v) is 6.92. The lowest BCUT2D eigenvalue weighted by molar-refractivity contribution is 0.136. The van der Waals surface area contributed by atoms with E-state index >= 15 is 0 Å². The largest absolute Gasteiger partial charge is 0.328 e. The first-order valence-corrected chi connectivity index (χ1v) is 7.59. The first-order chi connectivity index (χ1) is 7.52. The molecule has 5 nitrogen and oxygen atoms in total. The molecule has 2 heterocycles. The summed E-state index contributed by atoms with van der Waals surface area (Å²) in [6.07, 6.45) is 4.40. The molecular weight excluding hydrogens is 226 g/mol. The first kappa shape index (κ1) is 12.3. The van der Waals surface area contributed by atoms with Gasteiger partial charge < -0.3 is 5.73 Å². The Morgan fingerprint density at radius 3 is 2.38 bits per heavy atom. The summed E-state index contributed by atoms with van der Waals surface area (Å²) in [5.41, 5.74) is 5.97. The Kier molecular flexibility index (Phi) is 3.53. The fraction of sp³-hybridized carbons (Fsp3) is 1.00. The fourth-order valence-electron chi connectivity index (χ4n) is 3.01. The highest BCUT2D eigenvalue weighted by molar-refractivity contribution is 7.89. The molecule has 2 aliphatic rings. The van der Waals surface area contributed by atoms with Gasteiger partial charge in [0.15, 0.2) is 0 Å². The summed E-state index contributed by atoms with van der Waals surface area (Å²) in [5, 5.41) is 0. The van der Waals surface area contributed by atoms with Crippen LogP contribution in [0, 0.1) is 0 Å². The Bertz CT molecular complexity index is 330. The van der Waals surface area contributed by atoms with Gasteiger partial charge in [0, 0.05) is 24.7 Å². The molecule has 0 aromatic heterocycles. The van der Waals surface area contributed by atoms with Crippen molar-refractivity contribution in [1.29, 1.82) is 0 Å². The van der Waals surface area contributed by atoms with Crippen LogP contribution in [0.15, 0.2) is 0 Å². The minimum Gasteiger partial charge on any atom is -0.328 e. The minimum atomic E-state index is -3.07. The van der Waals surface area contributed by atoms with Gasteiger partial charge in [0.25, 0.3) is 0 Å². The quantitative estimate of drug-likeness (QED) is 0.701. The second-order valence-electron chi connectivity index (χ2n) is 4.88. The van der Waals surface area contributed by atoms with Gasteiger partial charge >= 0.3 is 0 Å². The zero-order valence-corrected chi connectivity index (χ0v) is 10.5. The maximum Gasteiger partial charge on any atom is 0.212 e. The molecule has 2 aliphatic heterocycles. The minimum absolute atomic E-state index is 0.200. The predicted molar refractivity (Wildman–Crippen MR) is 63.6 cm³/mol. The van der Waals surface area contributed by atoms with Gasteiger partial charge in [0.2, 0.25) is 10.0 Å². The zero-order valence-electron chi connectivity index (χ0n) is 9.72. The lowest BCUT2D eigenvalue weighted by atomic mass is 9.98. The molecule has 2 atom stereocenters. The summed E-state index contributed by atoms with van der Waals surface area (Å²) in [5.74, 6) is 0.200. The van der Waals surface area contributed by atoms with E-state index in [4.69, 9.17) is 5.73 Å². The molecule has 3 N–H and O–H groups in total. The lowest BCUT2D eigenvalue weighted by Gasteiger charge is -2.37. The number of fused-ring (bicyclic) bond motifs is 2. The Morgan fingerprint density at radius 1 is 1.31 bits per heavy atom. The lowest BCUT2D eigenvalue weighted by Crippen LogP contribution is -2.49. The second kappa shape index (κ2) is 4.60. The summed E-state index contributed by atoms with van der Waals surface area (Å²) < 4.78 is 25.1. The number of nitrogens with zero attached hydrogens (tertiary/aromatic N) is 1. The van der Waals surface area contributed by atoms with E-state index in [2.05, 4.69) is 9.62 Å². The highest BCUT2D eigenvalue weighted by Gasteiger charge is 2.39. The summed E-state index contributed by atoms with van der Waals surface area (Å²) in [6, 6.07) is 1.34. The number of hydrogen-bond acceptors (Lipinski definition) is 4. The van der Waals surface area contributed by atoms with E-state index in [-0.39, 0.29) is 5.75 Å². The van der Waals surface area contributed by atoms with Gasteiger partial charge in [-0.2, -0.15) is 0 Å². The number of sulfonamides is 1. The van der Waals surface area contributed by atoms with E-state index in [1.54, 1.807) is 0 Å². The molecule has 0 spiro atoms. The maximum atomic E-state index is 11.4. The summed E-state index contributed by atoms with van der Waals surface area (Å²) in [7, 11) is -1.61. The van der Waals surface area contributed by atoms with E-state index in [9.17, 15) is 8.42 Å². The van der Waals surface area contributed by atoms with Gasteiger partial charge in [-0.1, -0.05) is 0 Å². The van der Waals surface area contributed by atoms with Crippen LogP contribution in [0.2, 0.25) is 0 Å². The standard InChI is InChI=1S/C10H21N3O2S/c1-12-16(14,15)5-4-13-9-2-3-10(13)7-8(11)6-9/h8-10,12H,2-7,11H2,1H3. The molecule has 0 aromatic rings. The highest BCUT2D eigenvalue weighted by atomic mass is 32.2. The molecule has 0 radical (unpaired) electrons. The molecule has 2 saturated heterocycles. The summed E-state index contributed by atoms with van der Waals surface area (Å²) in [4.78, 5) is 2.35. The van der Waals surface area contributed by atoms with Crippen LogP contribution >= 0.6 is 0 Å². The Morgan fingerprint density at radius 2 is 1.88 bits per heavy atom. The maximum absolute atomic E-state index is 11.4. The van der Waals surface area contributed by atoms with Crippen LogP contribution in [0.4, 0.5) is 0 Å². The SMILES string of the molecule is CNS(=O)(=O)CCN1C2CCC1CC(N)C2. The van der Waals surface area contributed by atoms with Gasteiger partial charge in [-0.05, 0) is 32.7 Å². The average Bonchev–Trinajstić information content (AvgIpc) is 2.47. The van der Waals surface area contributed by atoms with E-state index in [1.807, 2.05) is 0 Å². The van der Waals surface area contributed by atoms with Crippen molar-refractivity contribution in [3.63, 3.8) is 0 Å². The molecular formula is C10H21N3O2S. The third-order valence-corrected chi connectivity index (χ3v) is 5.19. The molecule has 0 saturated carbocycles. The van der Waals surface area contributed by atoms with Crippen molar-refractivity contribution in [3.8, 4) is 0 Å². The average molecular weight is 247 g/mol. The normalized spacial score (nSPS) is 35.5. The molecule has 0 amide bonds. The number of piperidine rings is 1. The highest BCUT2D eigenvalue weighted by Crippen LogP contribution is 2.34. The molecule has 94 valence electrons. The Balaban J connectivity index is 1.92. The van der Waals surface area contributed by atoms with Crippen LogP contribution in [0.5, 0.6) is 0 Å². The molecule has 2 bridgehead atoms. The van der Waals surface area contributed by atoms with Gasteiger partial charge in [0.1, 0.15) is 0 Å². The van der Waals surface area contributed by atoms with Crippen LogP contribution in [0.1, 0.15) is 25.7 Å². The molecule has 0 aromatic carbocycles. The Hall–Kier alpha value is -0.170. The third-order valence-electron chi connectivity index (χ3n) is 3.85. The van der Waals surface area contributed by atoms with Crippen molar-refractivity contribution in [3.05, 3.63) is 0 Å². The van der Waals surface area contributed by atoms with E-state index in [1.165, 1.54) is 19.9 Å². The van der Waals surface area contributed by atoms with Gasteiger partial charge in [-0.25, -0.2) is 13.1 Å². The van der Waals surface area contributed by atoms with Crippen molar-refractivity contribution in [2.45, 2.75) is 43.8 Å². The summed E-state index contributed by atoms with van der Waals surface area (Å²) in [6.45, 7) is 0.644. The van der Waals surface area contributed by atoms with Crippen LogP contribution in [0.3, 0.4) is 0 Å². The molecule has 0 aliphatic carbocycles. The van der Waals surface area contributed by atoms with Crippen molar-refractivity contribution in [2.24, 2.45) is 5.73 Å². The number of hydrogen-bond donors (Lipinski definition) is 2. The van der Waals surface area contributed by atoms with Gasteiger partial charge in [-0.3, -0.25) is 4.90 Å². The van der Waals surface area contributed by atoms with Crippen molar-refractivity contribution >= 4 is 10.0 Å². The van der Waals surface area contributed by atoms with Gasteiger partial charge in [-0.15, -0.1) is 0 Å². The van der Waals surface area contributed by atoms with Crippen molar-refractivity contribution in [1.82, 2.24) is 9.62 Å². The van der Waals surface area contributed by atoms with E-state index in [0.717, 1.165) is 12.8 Å². The van der Waals surface area contributed by atoms with Crippen molar-refractivity contribution < 1.29 is 8.42 Å². The van der Waals surface area contributed by atoms with Crippen LogP contribution in [0.25, 0.3) is 0 Å². The van der Waals surface area contributed by atoms with Crippen molar-refractivity contribution in [2.75, 3.05) is 19.3 Å². The van der Waals surface area contributed by atoms with Gasteiger partial charge in [0.05, 0.1) is 5.75 Å². The summed E-state index contributed by atoms with van der Waals surface area (Å²) >= 11 is 0. The third kappa shape index (κ3) is 2.56. The molecule has 2 unspecified atom stereocenters. The molecule has 2 rings (SSSR count). The molecule has 16 heavy (non-hydrogen) atoms.